The first-order valence-electron chi connectivity index (χ1n) is 5.00. The fourth-order valence-corrected chi connectivity index (χ4v) is 4.19. The Hall–Kier alpha value is 0.01000. The number of thiophene rings is 1. The van der Waals surface area contributed by atoms with Gasteiger partial charge in [0.1, 0.15) is 4.21 Å². The van der Waals surface area contributed by atoms with Gasteiger partial charge in [-0.2, -0.15) is 0 Å². The second-order valence-electron chi connectivity index (χ2n) is 3.15. The minimum atomic E-state index is -3.40. The van der Waals surface area contributed by atoms with Gasteiger partial charge in [-0.3, -0.25) is 0 Å². The molecule has 0 unspecified atom stereocenters. The molecule has 8 heteroatoms. The van der Waals surface area contributed by atoms with E-state index in [1.165, 1.54) is 11.3 Å². The van der Waals surface area contributed by atoms with E-state index in [0.29, 0.717) is 23.8 Å². The molecule has 2 N–H and O–H groups in total. The molecule has 0 radical (unpaired) electrons. The van der Waals surface area contributed by atoms with Gasteiger partial charge in [0.15, 0.2) is 0 Å². The fourth-order valence-electron chi connectivity index (χ4n) is 1.06. The van der Waals surface area contributed by atoms with Crippen molar-refractivity contribution in [1.29, 1.82) is 0 Å². The van der Waals surface area contributed by atoms with Crippen molar-refractivity contribution < 1.29 is 18.3 Å². The van der Waals surface area contributed by atoms with E-state index in [0.717, 1.165) is 3.79 Å². The van der Waals surface area contributed by atoms with Gasteiger partial charge in [0, 0.05) is 13.2 Å². The molecule has 5 nitrogen and oxygen atoms in total. The average Bonchev–Trinajstić information content (AvgIpc) is 2.71. The van der Waals surface area contributed by atoms with Crippen molar-refractivity contribution in [3.63, 3.8) is 0 Å². The number of ether oxygens (including phenoxy) is 1. The van der Waals surface area contributed by atoms with Gasteiger partial charge in [-0.1, -0.05) is 0 Å². The van der Waals surface area contributed by atoms with E-state index in [4.69, 9.17) is 9.84 Å². The van der Waals surface area contributed by atoms with Crippen LogP contribution in [0.3, 0.4) is 0 Å². The third-order valence-corrected chi connectivity index (χ3v) is 5.38. The van der Waals surface area contributed by atoms with E-state index in [9.17, 15) is 8.42 Å². The van der Waals surface area contributed by atoms with Gasteiger partial charge in [0.05, 0.1) is 17.0 Å². The molecule has 1 aromatic heterocycles. The Morgan fingerprint density at radius 3 is 2.76 bits per heavy atom. The monoisotopic (exact) mass is 343 g/mol. The van der Waals surface area contributed by atoms with Crippen LogP contribution in [0.4, 0.5) is 0 Å². The molecule has 1 heterocycles. The van der Waals surface area contributed by atoms with Crippen molar-refractivity contribution in [2.24, 2.45) is 0 Å². The van der Waals surface area contributed by atoms with Crippen molar-refractivity contribution in [3.05, 3.63) is 15.9 Å². The summed E-state index contributed by atoms with van der Waals surface area (Å²) >= 11 is 4.39. The molecule has 98 valence electrons. The minimum absolute atomic E-state index is 0.0189. The van der Waals surface area contributed by atoms with Crippen molar-refractivity contribution in [2.75, 3.05) is 26.4 Å². The van der Waals surface area contributed by atoms with Gasteiger partial charge in [-0.05, 0) is 34.5 Å². The van der Waals surface area contributed by atoms with Crippen LogP contribution in [0.15, 0.2) is 20.1 Å². The van der Waals surface area contributed by atoms with Gasteiger partial charge in [-0.15, -0.1) is 11.3 Å². The first-order valence-corrected chi connectivity index (χ1v) is 8.09. The third kappa shape index (κ3) is 5.45. The van der Waals surface area contributed by atoms with E-state index in [2.05, 4.69) is 20.7 Å². The van der Waals surface area contributed by atoms with Crippen molar-refractivity contribution in [3.8, 4) is 0 Å². The van der Waals surface area contributed by atoms with E-state index in [-0.39, 0.29) is 13.2 Å². The number of nitrogens with one attached hydrogen (secondary N) is 1. The largest absolute Gasteiger partial charge is 0.394 e. The van der Waals surface area contributed by atoms with Crippen molar-refractivity contribution >= 4 is 37.3 Å². The molecular weight excluding hydrogens is 330 g/mol. The highest BCUT2D eigenvalue weighted by Crippen LogP contribution is 2.25. The predicted molar refractivity (Wildman–Crippen MR) is 69.7 cm³/mol. The molecule has 0 saturated carbocycles. The molecular formula is C9H14BrNO4S2. The maximum Gasteiger partial charge on any atom is 0.250 e. The zero-order valence-electron chi connectivity index (χ0n) is 9.06. The van der Waals surface area contributed by atoms with Crippen LogP contribution in [-0.2, 0) is 14.8 Å². The quantitative estimate of drug-likeness (QED) is 0.695. The molecule has 1 aromatic rings. The molecule has 0 amide bonds. The smallest absolute Gasteiger partial charge is 0.250 e. The summed E-state index contributed by atoms with van der Waals surface area (Å²) in [5.74, 6) is 0. The summed E-state index contributed by atoms with van der Waals surface area (Å²) in [6, 6.07) is 3.25. The highest BCUT2D eigenvalue weighted by Gasteiger charge is 2.15. The molecule has 0 aliphatic carbocycles. The number of hydrogen-bond acceptors (Lipinski definition) is 5. The van der Waals surface area contributed by atoms with Crippen LogP contribution in [0.2, 0.25) is 0 Å². The first kappa shape index (κ1) is 15.1. The molecule has 0 fully saturated rings. The number of aliphatic hydroxyl groups is 1. The summed E-state index contributed by atoms with van der Waals surface area (Å²) in [6.45, 7) is 1.01. The highest BCUT2D eigenvalue weighted by atomic mass is 79.9. The van der Waals surface area contributed by atoms with Crippen LogP contribution in [-0.4, -0.2) is 39.9 Å². The topological polar surface area (TPSA) is 75.6 Å². The fraction of sp³-hybridized carbons (Fsp3) is 0.556. The molecule has 17 heavy (non-hydrogen) atoms. The van der Waals surface area contributed by atoms with Crippen LogP contribution in [0.1, 0.15) is 6.42 Å². The Morgan fingerprint density at radius 1 is 1.41 bits per heavy atom. The van der Waals surface area contributed by atoms with Crippen molar-refractivity contribution in [2.45, 2.75) is 10.6 Å². The Bertz CT molecular complexity index is 432. The lowest BCUT2D eigenvalue weighted by Gasteiger charge is -2.04. The Balaban J connectivity index is 2.31. The molecule has 1 rings (SSSR count). The molecule has 0 atom stereocenters. The molecule has 0 bridgehead atoms. The number of hydrogen-bond donors (Lipinski definition) is 2. The van der Waals surface area contributed by atoms with E-state index in [1.54, 1.807) is 12.1 Å². The van der Waals surface area contributed by atoms with Gasteiger partial charge in [-0.25, -0.2) is 13.1 Å². The number of aliphatic hydroxyl groups excluding tert-OH is 1. The molecule has 0 aliphatic rings. The molecule has 0 aromatic carbocycles. The van der Waals surface area contributed by atoms with Crippen LogP contribution in [0.25, 0.3) is 0 Å². The normalized spacial score (nSPS) is 11.9. The Morgan fingerprint density at radius 2 is 2.18 bits per heavy atom. The number of rotatable bonds is 8. The SMILES string of the molecule is O=S(=O)(NCCCOCCO)c1ccc(Br)s1. The molecule has 0 saturated heterocycles. The summed E-state index contributed by atoms with van der Waals surface area (Å²) in [5.41, 5.74) is 0. The van der Waals surface area contributed by atoms with Crippen molar-refractivity contribution in [1.82, 2.24) is 4.72 Å². The van der Waals surface area contributed by atoms with E-state index >= 15 is 0 Å². The standard InChI is InChI=1S/C9H14BrNO4S2/c10-8-2-3-9(16-8)17(13,14)11-4-1-6-15-7-5-12/h2-3,11-12H,1,4-7H2. The zero-order valence-corrected chi connectivity index (χ0v) is 12.3. The zero-order chi connectivity index (χ0) is 12.7. The second kappa shape index (κ2) is 7.45. The van der Waals surface area contributed by atoms with Crippen LogP contribution < -0.4 is 4.72 Å². The molecule has 0 aliphatic heterocycles. The first-order chi connectivity index (χ1) is 8.06. The third-order valence-electron chi connectivity index (χ3n) is 1.81. The van der Waals surface area contributed by atoms with Crippen LogP contribution in [0.5, 0.6) is 0 Å². The predicted octanol–water partition coefficient (Wildman–Crippen LogP) is 1.19. The average molecular weight is 344 g/mol. The van der Waals surface area contributed by atoms with Crippen LogP contribution in [0, 0.1) is 0 Å². The lowest BCUT2D eigenvalue weighted by molar-refractivity contribution is 0.0913. The van der Waals surface area contributed by atoms with E-state index < -0.39 is 10.0 Å². The minimum Gasteiger partial charge on any atom is -0.394 e. The van der Waals surface area contributed by atoms with Crippen LogP contribution >= 0.6 is 27.3 Å². The van der Waals surface area contributed by atoms with Gasteiger partial charge in [0.25, 0.3) is 0 Å². The lowest BCUT2D eigenvalue weighted by Crippen LogP contribution is -2.25. The maximum absolute atomic E-state index is 11.7. The summed E-state index contributed by atoms with van der Waals surface area (Å²) in [4.78, 5) is 0. The summed E-state index contributed by atoms with van der Waals surface area (Å²) < 4.78 is 32.0. The summed E-state index contributed by atoms with van der Waals surface area (Å²) in [5, 5.41) is 8.46. The van der Waals surface area contributed by atoms with Gasteiger partial charge >= 0.3 is 0 Å². The lowest BCUT2D eigenvalue weighted by atomic mass is 10.5. The Kier molecular flexibility index (Phi) is 6.60. The van der Waals surface area contributed by atoms with Gasteiger partial charge < -0.3 is 9.84 Å². The maximum atomic E-state index is 11.7. The second-order valence-corrected chi connectivity index (χ2v) is 7.60. The van der Waals surface area contributed by atoms with Gasteiger partial charge in [0.2, 0.25) is 10.0 Å². The Labute approximate surface area is 113 Å². The molecule has 0 spiro atoms. The van der Waals surface area contributed by atoms with E-state index in [1.807, 2.05) is 0 Å². The summed E-state index contributed by atoms with van der Waals surface area (Å²) in [6.07, 6.45) is 0.575. The summed E-state index contributed by atoms with van der Waals surface area (Å²) in [7, 11) is -3.40. The number of halogens is 1. The highest BCUT2D eigenvalue weighted by molar-refractivity contribution is 9.11. The number of sulfonamides is 1.